The van der Waals surface area contributed by atoms with Crippen molar-refractivity contribution >= 4 is 10.0 Å². The van der Waals surface area contributed by atoms with E-state index in [9.17, 15) is 8.42 Å². The number of sulfonamides is 1. The summed E-state index contributed by atoms with van der Waals surface area (Å²) < 4.78 is 43.8. The maximum Gasteiger partial charge on any atom is 0.240 e. The average Bonchev–Trinajstić information content (AvgIpc) is 2.47. The summed E-state index contributed by atoms with van der Waals surface area (Å²) in [6.45, 7) is 7.20. The van der Waals surface area contributed by atoms with Crippen LogP contribution in [0.4, 0.5) is 0 Å². The van der Waals surface area contributed by atoms with Crippen molar-refractivity contribution in [1.29, 1.82) is 0 Å². The second kappa shape index (κ2) is 7.61. The van der Waals surface area contributed by atoms with Crippen molar-refractivity contribution in [1.82, 2.24) is 4.72 Å². The van der Waals surface area contributed by atoms with Gasteiger partial charge in [-0.05, 0) is 51.5 Å². The van der Waals surface area contributed by atoms with Gasteiger partial charge in [-0.15, -0.1) is 0 Å². The minimum Gasteiger partial charge on any atom is -0.491 e. The predicted octanol–water partition coefficient (Wildman–Crippen LogP) is 2.30. The lowest BCUT2D eigenvalue weighted by molar-refractivity contribution is -0.257. The SMILES string of the molecule is CC(C)Oc1ccc(S(=O)(=O)NCCC2(C)OCCCO2)cc1. The fraction of sp³-hybridized carbons (Fsp3) is 0.625. The number of hydrogen-bond acceptors (Lipinski definition) is 5. The van der Waals surface area contributed by atoms with Crippen molar-refractivity contribution in [2.45, 2.75) is 50.4 Å². The molecule has 130 valence electrons. The average molecular weight is 343 g/mol. The molecule has 1 N–H and O–H groups in total. The van der Waals surface area contributed by atoms with Crippen LogP contribution in [-0.4, -0.2) is 40.1 Å². The molecule has 1 aliphatic heterocycles. The zero-order valence-corrected chi connectivity index (χ0v) is 14.7. The highest BCUT2D eigenvalue weighted by Crippen LogP contribution is 2.22. The van der Waals surface area contributed by atoms with Crippen LogP contribution in [0.2, 0.25) is 0 Å². The molecule has 0 unspecified atom stereocenters. The van der Waals surface area contributed by atoms with Gasteiger partial charge >= 0.3 is 0 Å². The molecule has 1 heterocycles. The smallest absolute Gasteiger partial charge is 0.240 e. The lowest BCUT2D eigenvalue weighted by Gasteiger charge is -2.33. The molecule has 6 nitrogen and oxygen atoms in total. The lowest BCUT2D eigenvalue weighted by Crippen LogP contribution is -2.40. The van der Waals surface area contributed by atoms with Crippen LogP contribution in [-0.2, 0) is 19.5 Å². The van der Waals surface area contributed by atoms with Gasteiger partial charge in [0.15, 0.2) is 5.79 Å². The minimum atomic E-state index is -3.55. The molecule has 0 atom stereocenters. The second-order valence-electron chi connectivity index (χ2n) is 5.97. The van der Waals surface area contributed by atoms with Crippen LogP contribution in [0.5, 0.6) is 5.75 Å². The molecular formula is C16H25NO5S. The van der Waals surface area contributed by atoms with Crippen molar-refractivity contribution in [3.05, 3.63) is 24.3 Å². The largest absolute Gasteiger partial charge is 0.491 e. The van der Waals surface area contributed by atoms with Gasteiger partial charge in [0.2, 0.25) is 10.0 Å². The maximum absolute atomic E-state index is 12.3. The Labute approximate surface area is 138 Å². The zero-order valence-electron chi connectivity index (χ0n) is 13.9. The van der Waals surface area contributed by atoms with E-state index in [1.165, 1.54) is 12.1 Å². The third-order valence-electron chi connectivity index (χ3n) is 3.48. The van der Waals surface area contributed by atoms with E-state index in [0.29, 0.717) is 25.4 Å². The van der Waals surface area contributed by atoms with Crippen molar-refractivity contribution in [2.75, 3.05) is 19.8 Å². The van der Waals surface area contributed by atoms with E-state index in [4.69, 9.17) is 14.2 Å². The van der Waals surface area contributed by atoms with Crippen LogP contribution in [0.15, 0.2) is 29.2 Å². The van der Waals surface area contributed by atoms with E-state index in [0.717, 1.165) is 6.42 Å². The minimum absolute atomic E-state index is 0.0480. The number of ether oxygens (including phenoxy) is 3. The zero-order chi connectivity index (χ0) is 16.9. The quantitative estimate of drug-likeness (QED) is 0.822. The highest BCUT2D eigenvalue weighted by atomic mass is 32.2. The summed E-state index contributed by atoms with van der Waals surface area (Å²) in [5.74, 6) is -0.0640. The summed E-state index contributed by atoms with van der Waals surface area (Å²) in [7, 11) is -3.55. The first kappa shape index (κ1) is 18.2. The van der Waals surface area contributed by atoms with Crippen molar-refractivity contribution in [3.8, 4) is 5.75 Å². The number of nitrogens with one attached hydrogen (secondary N) is 1. The molecule has 23 heavy (non-hydrogen) atoms. The molecule has 1 fully saturated rings. The van der Waals surface area contributed by atoms with Gasteiger partial charge in [-0.1, -0.05) is 0 Å². The second-order valence-corrected chi connectivity index (χ2v) is 7.74. The summed E-state index contributed by atoms with van der Waals surface area (Å²) >= 11 is 0. The van der Waals surface area contributed by atoms with Gasteiger partial charge in [0, 0.05) is 13.0 Å². The first-order valence-corrected chi connectivity index (χ1v) is 9.33. The van der Waals surface area contributed by atoms with Crippen LogP contribution in [0.1, 0.15) is 33.6 Å². The van der Waals surface area contributed by atoms with Gasteiger partial charge in [-0.3, -0.25) is 0 Å². The molecule has 0 aromatic heterocycles. The number of rotatable bonds is 7. The molecule has 0 aliphatic carbocycles. The summed E-state index contributed by atoms with van der Waals surface area (Å²) in [6, 6.07) is 6.39. The number of hydrogen-bond donors (Lipinski definition) is 1. The van der Waals surface area contributed by atoms with Gasteiger partial charge in [0.05, 0.1) is 24.2 Å². The van der Waals surface area contributed by atoms with Crippen LogP contribution < -0.4 is 9.46 Å². The van der Waals surface area contributed by atoms with E-state index in [1.807, 2.05) is 20.8 Å². The van der Waals surface area contributed by atoms with Crippen LogP contribution in [0.25, 0.3) is 0 Å². The third kappa shape index (κ3) is 5.46. The summed E-state index contributed by atoms with van der Waals surface area (Å²) in [5, 5.41) is 0. The van der Waals surface area contributed by atoms with E-state index in [1.54, 1.807) is 12.1 Å². The summed E-state index contributed by atoms with van der Waals surface area (Å²) in [6.07, 6.45) is 1.37. The molecule has 1 saturated heterocycles. The summed E-state index contributed by atoms with van der Waals surface area (Å²) in [4.78, 5) is 0.212. The first-order chi connectivity index (χ1) is 10.8. The highest BCUT2D eigenvalue weighted by molar-refractivity contribution is 7.89. The van der Waals surface area contributed by atoms with Crippen molar-refractivity contribution in [2.24, 2.45) is 0 Å². The Bertz CT molecular complexity index is 591. The first-order valence-electron chi connectivity index (χ1n) is 7.85. The normalized spacial score (nSPS) is 18.1. The van der Waals surface area contributed by atoms with E-state index in [-0.39, 0.29) is 17.5 Å². The van der Waals surface area contributed by atoms with Gasteiger partial charge in [0.1, 0.15) is 5.75 Å². The Balaban J connectivity index is 1.90. The molecule has 1 aromatic carbocycles. The molecule has 0 radical (unpaired) electrons. The topological polar surface area (TPSA) is 73.9 Å². The van der Waals surface area contributed by atoms with Gasteiger partial charge in [0.25, 0.3) is 0 Å². The van der Waals surface area contributed by atoms with Crippen LogP contribution in [0, 0.1) is 0 Å². The summed E-state index contributed by atoms with van der Waals surface area (Å²) in [5.41, 5.74) is 0. The van der Waals surface area contributed by atoms with Crippen LogP contribution in [0.3, 0.4) is 0 Å². The molecule has 1 aromatic rings. The van der Waals surface area contributed by atoms with Gasteiger partial charge < -0.3 is 14.2 Å². The van der Waals surface area contributed by atoms with Gasteiger partial charge in [-0.2, -0.15) is 0 Å². The third-order valence-corrected chi connectivity index (χ3v) is 4.96. The van der Waals surface area contributed by atoms with E-state index >= 15 is 0 Å². The molecular weight excluding hydrogens is 318 g/mol. The molecule has 7 heteroatoms. The molecule has 2 rings (SSSR count). The fourth-order valence-corrected chi connectivity index (χ4v) is 3.32. The Morgan fingerprint density at radius 2 is 1.83 bits per heavy atom. The Morgan fingerprint density at radius 1 is 1.22 bits per heavy atom. The lowest BCUT2D eigenvalue weighted by atomic mass is 10.2. The highest BCUT2D eigenvalue weighted by Gasteiger charge is 2.29. The monoisotopic (exact) mass is 343 g/mol. The standard InChI is InChI=1S/C16H25NO5S/c1-13(2)22-14-5-7-15(8-6-14)23(18,19)17-10-9-16(3)20-11-4-12-21-16/h5-8,13,17H,4,9-12H2,1-3H3. The molecule has 0 amide bonds. The van der Waals surface area contributed by atoms with E-state index in [2.05, 4.69) is 4.72 Å². The van der Waals surface area contributed by atoms with E-state index < -0.39 is 15.8 Å². The van der Waals surface area contributed by atoms with Crippen molar-refractivity contribution in [3.63, 3.8) is 0 Å². The van der Waals surface area contributed by atoms with Gasteiger partial charge in [-0.25, -0.2) is 13.1 Å². The molecule has 0 saturated carbocycles. The Hall–Kier alpha value is -1.15. The molecule has 0 bridgehead atoms. The molecule has 0 spiro atoms. The van der Waals surface area contributed by atoms with Crippen LogP contribution >= 0.6 is 0 Å². The Morgan fingerprint density at radius 3 is 2.39 bits per heavy atom. The number of benzene rings is 1. The predicted molar refractivity (Wildman–Crippen MR) is 86.9 cm³/mol. The Kier molecular flexibility index (Phi) is 6.02. The maximum atomic E-state index is 12.3. The van der Waals surface area contributed by atoms with Crippen molar-refractivity contribution < 1.29 is 22.6 Å². The molecule has 1 aliphatic rings. The fourth-order valence-electron chi connectivity index (χ4n) is 2.29.